The SMILES string of the molecule is [Cu].[Fe].[H-].[Na+].[O]=[Mn](=[O])([OH])[OH]. The van der Waals surface area contributed by atoms with E-state index in [9.17, 15) is 0 Å². The van der Waals surface area contributed by atoms with Crippen molar-refractivity contribution in [3.05, 3.63) is 0 Å². The molecular formula is H3CuFeMnNaO4. The molecule has 0 saturated heterocycles. The molecule has 0 aliphatic rings. The van der Waals surface area contributed by atoms with Crippen molar-refractivity contribution in [1.82, 2.24) is 0 Å². The molecule has 2 N–H and O–H groups in total. The van der Waals surface area contributed by atoms with Crippen molar-refractivity contribution in [1.29, 1.82) is 0 Å². The Bertz CT molecular complexity index is 104. The molecule has 8 heavy (non-hydrogen) atoms. The van der Waals surface area contributed by atoms with E-state index < -0.39 is 13.4 Å². The molecule has 0 heterocycles. The number of rotatable bonds is 0. The minimum absolute atomic E-state index is 0. The Balaban J connectivity index is -0.0000000133. The van der Waals surface area contributed by atoms with Crippen molar-refractivity contribution >= 4 is 0 Å². The summed E-state index contributed by atoms with van der Waals surface area (Å²) in [5.74, 6) is 0. The van der Waals surface area contributed by atoms with Crippen LogP contribution in [0.4, 0.5) is 0 Å². The van der Waals surface area contributed by atoms with Crippen molar-refractivity contribution in [2.24, 2.45) is 0 Å². The van der Waals surface area contributed by atoms with Crippen LogP contribution in [0, 0.1) is 0 Å². The molecule has 0 aromatic heterocycles. The Kier molecular flexibility index (Phi) is 25.5. The number of hydrogen-bond acceptors (Lipinski definition) is 2. The predicted molar refractivity (Wildman–Crippen MR) is 6.92 cm³/mol. The van der Waals surface area contributed by atoms with E-state index in [-0.39, 0.29) is 65.1 Å². The van der Waals surface area contributed by atoms with Gasteiger partial charge in [0.15, 0.2) is 0 Å². The third kappa shape index (κ3) is 93.7. The van der Waals surface area contributed by atoms with Gasteiger partial charge in [-0.05, 0) is 0 Å². The maximum atomic E-state index is 8.80. The Labute approximate surface area is 93.4 Å². The molecule has 0 atom stereocenters. The van der Waals surface area contributed by atoms with E-state index >= 15 is 0 Å². The van der Waals surface area contributed by atoms with Crippen LogP contribution >= 0.6 is 0 Å². The third-order valence-corrected chi connectivity index (χ3v) is 0. The van der Waals surface area contributed by atoms with Crippen LogP contribution in [0.15, 0.2) is 0 Å². The fraction of sp³-hybridized carbons (Fsp3) is 0. The summed E-state index contributed by atoms with van der Waals surface area (Å²) in [6.07, 6.45) is 0. The minimum atomic E-state index is -5.12. The van der Waals surface area contributed by atoms with Crippen molar-refractivity contribution in [2.45, 2.75) is 0 Å². The zero-order valence-electron chi connectivity index (χ0n) is 4.74. The Morgan fingerprint density at radius 1 is 1.25 bits per heavy atom. The van der Waals surface area contributed by atoms with Crippen LogP contribution in [0.25, 0.3) is 0 Å². The molecule has 0 aliphatic carbocycles. The molecule has 0 aliphatic heterocycles. The van der Waals surface area contributed by atoms with Crippen LogP contribution in [0.5, 0.6) is 0 Å². The van der Waals surface area contributed by atoms with Gasteiger partial charge < -0.3 is 1.43 Å². The first-order chi connectivity index (χ1) is 2.00. The first-order valence-corrected chi connectivity index (χ1v) is 2.67. The first-order valence-electron chi connectivity index (χ1n) is 0.647. The van der Waals surface area contributed by atoms with Crippen molar-refractivity contribution < 1.29 is 94.5 Å². The number of hydrogen-bond donors (Lipinski definition) is 2. The van der Waals surface area contributed by atoms with E-state index in [0.29, 0.717) is 0 Å². The quantitative estimate of drug-likeness (QED) is 0.435. The van der Waals surface area contributed by atoms with E-state index in [2.05, 4.69) is 0 Å². The molecule has 8 heteroatoms. The van der Waals surface area contributed by atoms with Crippen LogP contribution < -0.4 is 29.6 Å². The third-order valence-electron chi connectivity index (χ3n) is 0. The standard InChI is InChI=1S/Cu.Fe.Mn.Na.2H2O.2O.H/h;;;;2*1H2;;;/q;;+2;+1;;;;;-1/p-2. The zero-order chi connectivity index (χ0) is 4.50. The summed E-state index contributed by atoms with van der Waals surface area (Å²) in [7, 11) is 0. The topological polar surface area (TPSA) is 74.6 Å². The van der Waals surface area contributed by atoms with E-state index in [1.165, 1.54) is 0 Å². The first kappa shape index (κ1) is 22.5. The second-order valence-electron chi connectivity index (χ2n) is 0.415. The molecule has 0 spiro atoms. The molecular weight excluding hydrogens is 261 g/mol. The molecule has 0 amide bonds. The average molecular weight is 264 g/mol. The van der Waals surface area contributed by atoms with Gasteiger partial charge in [-0.25, -0.2) is 0 Å². The summed E-state index contributed by atoms with van der Waals surface area (Å²) in [6.45, 7) is 0. The zero-order valence-corrected chi connectivity index (χ0v) is 8.97. The summed E-state index contributed by atoms with van der Waals surface area (Å²) < 4.78 is 31.8. The summed E-state index contributed by atoms with van der Waals surface area (Å²) in [4.78, 5) is 0. The Morgan fingerprint density at radius 3 is 1.25 bits per heavy atom. The van der Waals surface area contributed by atoms with E-state index in [1.54, 1.807) is 0 Å². The summed E-state index contributed by atoms with van der Waals surface area (Å²) in [5, 5.41) is 0. The van der Waals surface area contributed by atoms with Crippen LogP contribution in [0.3, 0.4) is 0 Å². The van der Waals surface area contributed by atoms with Gasteiger partial charge in [-0.3, -0.25) is 0 Å². The second kappa shape index (κ2) is 9.08. The molecule has 0 aromatic carbocycles. The maximum absolute atomic E-state index is 8.80. The fourth-order valence-electron chi connectivity index (χ4n) is 0. The van der Waals surface area contributed by atoms with Crippen molar-refractivity contribution in [3.8, 4) is 0 Å². The summed E-state index contributed by atoms with van der Waals surface area (Å²) >= 11 is -5.12. The molecule has 0 unspecified atom stereocenters. The summed E-state index contributed by atoms with van der Waals surface area (Å²) in [6, 6.07) is 0. The Hall–Kier alpha value is 2.08. The molecule has 54 valence electrons. The van der Waals surface area contributed by atoms with Gasteiger partial charge in [0.2, 0.25) is 0 Å². The van der Waals surface area contributed by atoms with Gasteiger partial charge in [-0.15, -0.1) is 0 Å². The molecule has 0 bridgehead atoms. The van der Waals surface area contributed by atoms with E-state index in [4.69, 9.17) is 16.0 Å². The molecule has 4 nitrogen and oxygen atoms in total. The second-order valence-corrected chi connectivity index (χ2v) is 1.71. The molecule has 0 rings (SSSR count). The van der Waals surface area contributed by atoms with E-state index in [1.807, 2.05) is 0 Å². The van der Waals surface area contributed by atoms with Gasteiger partial charge in [0.25, 0.3) is 0 Å². The van der Waals surface area contributed by atoms with Crippen LogP contribution in [0.1, 0.15) is 1.43 Å². The van der Waals surface area contributed by atoms with Crippen molar-refractivity contribution in [2.75, 3.05) is 0 Å². The molecule has 0 fully saturated rings. The fourth-order valence-corrected chi connectivity index (χ4v) is 0. The van der Waals surface area contributed by atoms with Crippen LogP contribution in [0.2, 0.25) is 0 Å². The molecule has 1 radical (unpaired) electrons. The molecule has 0 aromatic rings. The van der Waals surface area contributed by atoms with Gasteiger partial charge in [-0.2, -0.15) is 0 Å². The van der Waals surface area contributed by atoms with Crippen LogP contribution in [-0.4, -0.2) is 8.38 Å². The molecule has 0 saturated carbocycles. The van der Waals surface area contributed by atoms with Gasteiger partial charge in [0.05, 0.1) is 0 Å². The normalized spacial score (nSPS) is 7.25. The van der Waals surface area contributed by atoms with Crippen LogP contribution in [-0.2, 0) is 55.2 Å². The Morgan fingerprint density at radius 2 is 1.25 bits per heavy atom. The van der Waals surface area contributed by atoms with Gasteiger partial charge in [0.1, 0.15) is 0 Å². The predicted octanol–water partition coefficient (Wildman–Crippen LogP) is -4.24. The van der Waals surface area contributed by atoms with E-state index in [0.717, 1.165) is 0 Å². The monoisotopic (exact) mass is 264 g/mol. The van der Waals surface area contributed by atoms with Gasteiger partial charge in [-0.1, -0.05) is 0 Å². The average Bonchev–Trinajstić information content (AvgIpc) is 0.722. The van der Waals surface area contributed by atoms with Crippen molar-refractivity contribution in [3.63, 3.8) is 0 Å². The summed E-state index contributed by atoms with van der Waals surface area (Å²) in [5.41, 5.74) is 0. The van der Waals surface area contributed by atoms with Gasteiger partial charge >= 0.3 is 59.0 Å². The van der Waals surface area contributed by atoms with Gasteiger partial charge in [0, 0.05) is 34.1 Å².